The van der Waals surface area contributed by atoms with Gasteiger partial charge in [-0.15, -0.1) is 0 Å². The van der Waals surface area contributed by atoms with E-state index in [0.717, 1.165) is 25.7 Å². The molecular formula is C34H57N7O7S. The zero-order chi connectivity index (χ0) is 36.4. The molecule has 0 radical (unpaired) electrons. The molecule has 0 bridgehead atoms. The summed E-state index contributed by atoms with van der Waals surface area (Å²) < 4.78 is 29.6. The molecule has 2 heterocycles. The van der Waals surface area contributed by atoms with Gasteiger partial charge in [0.15, 0.2) is 0 Å². The Balaban J connectivity index is 1.30. The Labute approximate surface area is 291 Å². The maximum Gasteiger partial charge on any atom is 0.315 e. The predicted octanol–water partition coefficient (Wildman–Crippen LogP) is 1.21. The topological polar surface area (TPSA) is 191 Å². The summed E-state index contributed by atoms with van der Waals surface area (Å²) in [6.07, 6.45) is 4.24. The van der Waals surface area contributed by atoms with Crippen LogP contribution in [0.15, 0.2) is 0 Å². The second kappa shape index (κ2) is 13.1. The number of primary amides is 1. The number of piperidine rings is 1. The van der Waals surface area contributed by atoms with Gasteiger partial charge in [-0.1, -0.05) is 68.2 Å². The molecule has 5 N–H and O–H groups in total. The molecule has 0 aromatic carbocycles. The van der Waals surface area contributed by atoms with Crippen LogP contribution in [0.5, 0.6) is 0 Å². The molecule has 276 valence electrons. The molecule has 49 heavy (non-hydrogen) atoms. The fourth-order valence-corrected chi connectivity index (χ4v) is 9.31. The summed E-state index contributed by atoms with van der Waals surface area (Å²) in [7, 11) is -3.64. The number of hydrogen-bond donors (Lipinski definition) is 4. The van der Waals surface area contributed by atoms with Crippen molar-refractivity contribution in [1.29, 1.82) is 0 Å². The lowest BCUT2D eigenvalue weighted by Crippen LogP contribution is -2.62. The zero-order valence-electron chi connectivity index (χ0n) is 30.4. The van der Waals surface area contributed by atoms with Crippen LogP contribution in [-0.4, -0.2) is 108 Å². The first-order valence-corrected chi connectivity index (χ1v) is 19.2. The van der Waals surface area contributed by atoms with Crippen molar-refractivity contribution in [3.05, 3.63) is 0 Å². The van der Waals surface area contributed by atoms with Gasteiger partial charge in [0.25, 0.3) is 16.1 Å². The summed E-state index contributed by atoms with van der Waals surface area (Å²) in [5, 5.41) is 8.62. The lowest BCUT2D eigenvalue weighted by atomic mass is 9.85. The average molecular weight is 708 g/mol. The number of ketones is 1. The minimum Gasteiger partial charge on any atom is -0.363 e. The van der Waals surface area contributed by atoms with Crippen LogP contribution in [0.1, 0.15) is 87.5 Å². The van der Waals surface area contributed by atoms with Crippen molar-refractivity contribution < 1.29 is 32.4 Å². The van der Waals surface area contributed by atoms with Crippen LogP contribution in [0.4, 0.5) is 4.79 Å². The highest BCUT2D eigenvalue weighted by molar-refractivity contribution is 7.87. The molecule has 2 saturated heterocycles. The smallest absolute Gasteiger partial charge is 0.315 e. The van der Waals surface area contributed by atoms with Crippen molar-refractivity contribution in [2.75, 3.05) is 32.7 Å². The Hall–Kier alpha value is -2.78. The number of amides is 5. The van der Waals surface area contributed by atoms with Gasteiger partial charge in [-0.3, -0.25) is 19.2 Å². The van der Waals surface area contributed by atoms with Gasteiger partial charge in [0.05, 0.1) is 6.04 Å². The molecule has 3 saturated carbocycles. The Morgan fingerprint density at radius 1 is 0.857 bits per heavy atom. The fraction of sp³-hybridized carbons (Fsp3) is 0.853. The highest BCUT2D eigenvalue weighted by Crippen LogP contribution is 2.65. The number of carbonyl (C=O) groups excluding carboxylic acids is 5. The Morgan fingerprint density at radius 3 is 1.98 bits per heavy atom. The monoisotopic (exact) mass is 707 g/mol. The third-order valence-corrected chi connectivity index (χ3v) is 13.4. The number of fused-ring (bicyclic) bond motifs is 1. The molecule has 5 rings (SSSR count). The lowest BCUT2D eigenvalue weighted by Gasteiger charge is -2.39. The molecule has 0 aromatic rings. The van der Waals surface area contributed by atoms with Gasteiger partial charge in [0, 0.05) is 38.8 Å². The number of likely N-dealkylation sites (tertiary alicyclic amines) is 1. The second-order valence-corrected chi connectivity index (χ2v) is 19.8. The minimum atomic E-state index is -3.64. The van der Waals surface area contributed by atoms with Crippen LogP contribution >= 0.6 is 0 Å². The van der Waals surface area contributed by atoms with Crippen molar-refractivity contribution >= 4 is 39.7 Å². The van der Waals surface area contributed by atoms with Crippen LogP contribution in [0, 0.1) is 39.9 Å². The molecule has 5 aliphatic rings. The van der Waals surface area contributed by atoms with E-state index >= 15 is 0 Å². The highest BCUT2D eigenvalue weighted by atomic mass is 32.2. The number of hydrogen-bond acceptors (Lipinski definition) is 7. The van der Waals surface area contributed by atoms with Crippen molar-refractivity contribution in [1.82, 2.24) is 29.5 Å². The summed E-state index contributed by atoms with van der Waals surface area (Å²) in [5.74, 6) is -2.31. The molecule has 3 aliphatic carbocycles. The summed E-state index contributed by atoms with van der Waals surface area (Å²) in [5.41, 5.74) is 3.84. The van der Waals surface area contributed by atoms with E-state index in [4.69, 9.17) is 5.73 Å². The van der Waals surface area contributed by atoms with Crippen molar-refractivity contribution in [3.63, 3.8) is 0 Å². The third kappa shape index (κ3) is 8.08. The van der Waals surface area contributed by atoms with Crippen LogP contribution in [-0.2, 0) is 29.4 Å². The average Bonchev–Trinajstić information content (AvgIpc) is 3.93. The lowest BCUT2D eigenvalue weighted by molar-refractivity contribution is -0.145. The molecular weight excluding hydrogens is 650 g/mol. The molecule has 0 aromatic heterocycles. The van der Waals surface area contributed by atoms with Gasteiger partial charge in [0.2, 0.25) is 17.6 Å². The predicted molar refractivity (Wildman–Crippen MR) is 183 cm³/mol. The first kappa shape index (κ1) is 37.5. The van der Waals surface area contributed by atoms with E-state index in [1.807, 2.05) is 55.4 Å². The Bertz CT molecular complexity index is 1460. The fourth-order valence-electron chi connectivity index (χ4n) is 7.62. The van der Waals surface area contributed by atoms with E-state index in [2.05, 4.69) is 16.0 Å². The third-order valence-electron chi connectivity index (χ3n) is 11.4. The SMILES string of the molecule is CC(C)(C)[C@H](NC(=O)N[C@H](CN1CCN(CC2CC2)S1(=O)=O)C(C)(C)C)C(=O)N1C[C@H]2[C@@H]([C@H]1C(=O)NC(CC1CC1)C(=O)C(N)=O)C2(C)C. The quantitative estimate of drug-likeness (QED) is 0.207. The van der Waals surface area contributed by atoms with E-state index < -0.39 is 74.7 Å². The van der Waals surface area contributed by atoms with Crippen LogP contribution in [0.2, 0.25) is 0 Å². The number of carbonyl (C=O) groups is 5. The minimum absolute atomic E-state index is 0.0579. The van der Waals surface area contributed by atoms with Crippen molar-refractivity contribution in [2.45, 2.75) is 112 Å². The number of nitrogens with two attached hydrogens (primary N) is 1. The van der Waals surface area contributed by atoms with Gasteiger partial charge < -0.3 is 26.6 Å². The zero-order valence-corrected chi connectivity index (χ0v) is 31.2. The van der Waals surface area contributed by atoms with E-state index in [9.17, 15) is 32.4 Å². The highest BCUT2D eigenvalue weighted by Gasteiger charge is 2.70. The molecule has 14 nitrogen and oxygen atoms in total. The maximum absolute atomic E-state index is 14.4. The number of nitrogens with one attached hydrogen (secondary N) is 3. The molecule has 5 fully saturated rings. The van der Waals surface area contributed by atoms with Gasteiger partial charge in [-0.2, -0.15) is 17.0 Å². The molecule has 6 atom stereocenters. The summed E-state index contributed by atoms with van der Waals surface area (Å²) >= 11 is 0. The van der Waals surface area contributed by atoms with E-state index in [1.54, 1.807) is 0 Å². The second-order valence-electron chi connectivity index (χ2n) is 17.9. The summed E-state index contributed by atoms with van der Waals surface area (Å²) in [6.45, 7) is 17.1. The van der Waals surface area contributed by atoms with Gasteiger partial charge in [-0.05, 0) is 59.2 Å². The molecule has 1 unspecified atom stereocenters. The van der Waals surface area contributed by atoms with E-state index in [1.165, 1.54) is 13.5 Å². The van der Waals surface area contributed by atoms with Crippen LogP contribution < -0.4 is 21.7 Å². The molecule has 5 amide bonds. The standard InChI is InChI=1S/C34H57N7O7S/c1-32(2,3)23(18-40-14-13-39(49(40,47)48)16-20-11-12-20)37-31(46)38-27(33(4,5)6)30(45)41-17-21-24(34(21,7)8)25(41)29(44)36-22(15-19-9-10-19)26(42)28(35)43/h19-25,27H,9-18H2,1-8H3,(H2,35,43)(H,36,44)(H2,37,38,46)/t21-,22?,23+,24-,25-,27+/m0/s1. The largest absolute Gasteiger partial charge is 0.363 e. The number of nitrogens with zero attached hydrogens (tertiary/aromatic N) is 3. The van der Waals surface area contributed by atoms with E-state index in [0.29, 0.717) is 38.5 Å². The number of rotatable bonds is 13. The van der Waals surface area contributed by atoms with Crippen molar-refractivity contribution in [2.24, 2.45) is 45.7 Å². The number of urea groups is 1. The first-order chi connectivity index (χ1) is 22.5. The molecule has 0 spiro atoms. The number of Topliss-reactive ketones (excluding diaryl/α,β-unsaturated/α-hetero) is 1. The summed E-state index contributed by atoms with van der Waals surface area (Å²) in [4.78, 5) is 67.9. The maximum atomic E-state index is 14.4. The normalized spacial score (nSPS) is 28.2. The van der Waals surface area contributed by atoms with Crippen LogP contribution in [0.25, 0.3) is 0 Å². The summed E-state index contributed by atoms with van der Waals surface area (Å²) in [6, 6.07) is -4.13. The van der Waals surface area contributed by atoms with Crippen LogP contribution in [0.3, 0.4) is 0 Å². The van der Waals surface area contributed by atoms with E-state index in [-0.39, 0.29) is 29.7 Å². The van der Waals surface area contributed by atoms with Gasteiger partial charge in [-0.25, -0.2) is 4.79 Å². The molecule has 15 heteroatoms. The Morgan fingerprint density at radius 2 is 1.45 bits per heavy atom. The molecule has 2 aliphatic heterocycles. The first-order valence-electron chi connectivity index (χ1n) is 17.8. The Kier molecular flexibility index (Phi) is 10.0. The van der Waals surface area contributed by atoms with Crippen molar-refractivity contribution in [3.8, 4) is 0 Å². The van der Waals surface area contributed by atoms with Gasteiger partial charge in [0.1, 0.15) is 12.1 Å². The van der Waals surface area contributed by atoms with Gasteiger partial charge >= 0.3 is 6.03 Å².